The molecule has 2 N–H and O–H groups in total. The van der Waals surface area contributed by atoms with Gasteiger partial charge in [0.2, 0.25) is 0 Å². The predicted molar refractivity (Wildman–Crippen MR) is 53.8 cm³/mol. The standard InChI is InChI=1S/C8H15N3OS/c1-7(6-13(2)12)11-5-8-9-3-4-10-8/h3-4,7,11H,5-6H2,1-2H3,(H,9,10). The number of imidazole rings is 1. The lowest BCUT2D eigenvalue weighted by atomic mass is 10.4. The summed E-state index contributed by atoms with van der Waals surface area (Å²) in [5.74, 6) is 1.59. The number of H-pyrrole nitrogens is 1. The van der Waals surface area contributed by atoms with Crippen LogP contribution >= 0.6 is 0 Å². The summed E-state index contributed by atoms with van der Waals surface area (Å²) in [4.78, 5) is 7.07. The Hall–Kier alpha value is -0.680. The van der Waals surface area contributed by atoms with Gasteiger partial charge >= 0.3 is 0 Å². The van der Waals surface area contributed by atoms with Gasteiger partial charge in [0.15, 0.2) is 0 Å². The van der Waals surface area contributed by atoms with Gasteiger partial charge in [-0.1, -0.05) is 0 Å². The van der Waals surface area contributed by atoms with Gasteiger partial charge in [-0.2, -0.15) is 0 Å². The molecule has 2 unspecified atom stereocenters. The number of nitrogens with one attached hydrogen (secondary N) is 2. The molecule has 1 heterocycles. The zero-order chi connectivity index (χ0) is 9.68. The predicted octanol–water partition coefficient (Wildman–Crippen LogP) is 0.266. The van der Waals surface area contributed by atoms with Gasteiger partial charge in [-0.3, -0.25) is 4.21 Å². The fraction of sp³-hybridized carbons (Fsp3) is 0.625. The average molecular weight is 201 g/mol. The Balaban J connectivity index is 2.22. The van der Waals surface area contributed by atoms with E-state index in [-0.39, 0.29) is 6.04 Å². The van der Waals surface area contributed by atoms with E-state index in [2.05, 4.69) is 15.3 Å². The molecule has 0 amide bonds. The van der Waals surface area contributed by atoms with E-state index in [0.29, 0.717) is 12.3 Å². The fourth-order valence-electron chi connectivity index (χ4n) is 1.08. The molecule has 0 spiro atoms. The first-order chi connectivity index (χ1) is 6.18. The number of aromatic nitrogens is 2. The Morgan fingerprint density at radius 3 is 3.08 bits per heavy atom. The molecule has 0 aliphatic rings. The summed E-state index contributed by atoms with van der Waals surface area (Å²) < 4.78 is 10.9. The molecule has 5 heteroatoms. The van der Waals surface area contributed by atoms with E-state index in [4.69, 9.17) is 0 Å². The van der Waals surface area contributed by atoms with Crippen molar-refractivity contribution in [3.8, 4) is 0 Å². The SMILES string of the molecule is CC(CS(C)=O)NCc1ncc[nH]1. The van der Waals surface area contributed by atoms with Gasteiger partial charge < -0.3 is 10.3 Å². The van der Waals surface area contributed by atoms with E-state index in [1.165, 1.54) is 0 Å². The molecule has 74 valence electrons. The highest BCUT2D eigenvalue weighted by Crippen LogP contribution is 1.90. The third-order valence-corrected chi connectivity index (χ3v) is 2.63. The minimum Gasteiger partial charge on any atom is -0.348 e. The van der Waals surface area contributed by atoms with Crippen LogP contribution in [-0.2, 0) is 17.3 Å². The van der Waals surface area contributed by atoms with E-state index < -0.39 is 10.8 Å². The summed E-state index contributed by atoms with van der Waals surface area (Å²) in [5, 5.41) is 3.23. The minimum absolute atomic E-state index is 0.260. The Kier molecular flexibility index (Phi) is 4.11. The van der Waals surface area contributed by atoms with E-state index >= 15 is 0 Å². The van der Waals surface area contributed by atoms with Gasteiger partial charge in [-0.05, 0) is 6.92 Å². The molecule has 1 aromatic rings. The van der Waals surface area contributed by atoms with Crippen molar-refractivity contribution in [3.05, 3.63) is 18.2 Å². The van der Waals surface area contributed by atoms with Crippen LogP contribution in [0, 0.1) is 0 Å². The van der Waals surface area contributed by atoms with Crippen LogP contribution in [0.2, 0.25) is 0 Å². The Bertz CT molecular complexity index is 260. The van der Waals surface area contributed by atoms with Gasteiger partial charge in [0, 0.05) is 41.2 Å². The molecule has 0 saturated heterocycles. The summed E-state index contributed by atoms with van der Waals surface area (Å²) in [5.41, 5.74) is 0. The summed E-state index contributed by atoms with van der Waals surface area (Å²) in [7, 11) is -0.737. The molecule has 0 radical (unpaired) electrons. The molecule has 13 heavy (non-hydrogen) atoms. The smallest absolute Gasteiger partial charge is 0.120 e. The minimum atomic E-state index is -0.737. The zero-order valence-electron chi connectivity index (χ0n) is 7.91. The maximum atomic E-state index is 10.9. The van der Waals surface area contributed by atoms with Gasteiger partial charge in [0.05, 0.1) is 6.54 Å². The molecule has 2 atom stereocenters. The van der Waals surface area contributed by atoms with Crippen molar-refractivity contribution < 1.29 is 4.21 Å². The zero-order valence-corrected chi connectivity index (χ0v) is 8.73. The molecule has 0 saturated carbocycles. The summed E-state index contributed by atoms with van der Waals surface area (Å²) in [6.07, 6.45) is 5.23. The monoisotopic (exact) mass is 201 g/mol. The molecular weight excluding hydrogens is 186 g/mol. The molecule has 1 rings (SSSR count). The first-order valence-corrected chi connectivity index (χ1v) is 5.93. The van der Waals surface area contributed by atoms with Crippen molar-refractivity contribution >= 4 is 10.8 Å². The van der Waals surface area contributed by atoms with Gasteiger partial charge in [0.1, 0.15) is 5.82 Å². The van der Waals surface area contributed by atoms with Crippen LogP contribution in [0.1, 0.15) is 12.7 Å². The van der Waals surface area contributed by atoms with E-state index in [1.54, 1.807) is 18.6 Å². The number of hydrogen-bond acceptors (Lipinski definition) is 3. The highest BCUT2D eigenvalue weighted by Gasteiger charge is 2.03. The molecule has 0 bridgehead atoms. The van der Waals surface area contributed by atoms with Crippen molar-refractivity contribution in [2.45, 2.75) is 19.5 Å². The fourth-order valence-corrected chi connectivity index (χ4v) is 1.90. The summed E-state index contributed by atoms with van der Waals surface area (Å²) in [6, 6.07) is 0.260. The van der Waals surface area contributed by atoms with Crippen molar-refractivity contribution in [2.24, 2.45) is 0 Å². The van der Waals surface area contributed by atoms with Crippen LogP contribution in [0.3, 0.4) is 0 Å². The second kappa shape index (κ2) is 5.14. The van der Waals surface area contributed by atoms with E-state index in [1.807, 2.05) is 6.92 Å². The van der Waals surface area contributed by atoms with Crippen LogP contribution < -0.4 is 5.32 Å². The normalized spacial score (nSPS) is 15.5. The van der Waals surface area contributed by atoms with Gasteiger partial charge in [0.25, 0.3) is 0 Å². The van der Waals surface area contributed by atoms with Crippen molar-refractivity contribution in [3.63, 3.8) is 0 Å². The van der Waals surface area contributed by atoms with Gasteiger partial charge in [-0.15, -0.1) is 0 Å². The second-order valence-corrected chi connectivity index (χ2v) is 4.54. The van der Waals surface area contributed by atoms with Crippen LogP contribution in [0.25, 0.3) is 0 Å². The van der Waals surface area contributed by atoms with E-state index in [9.17, 15) is 4.21 Å². The van der Waals surface area contributed by atoms with Crippen LogP contribution in [0.15, 0.2) is 12.4 Å². The first kappa shape index (κ1) is 10.4. The molecule has 0 aliphatic heterocycles. The lowest BCUT2D eigenvalue weighted by Crippen LogP contribution is -2.30. The van der Waals surface area contributed by atoms with Crippen LogP contribution in [0.5, 0.6) is 0 Å². The summed E-state index contributed by atoms with van der Waals surface area (Å²) >= 11 is 0. The number of hydrogen-bond donors (Lipinski definition) is 2. The number of rotatable bonds is 5. The van der Waals surface area contributed by atoms with E-state index in [0.717, 1.165) is 5.82 Å². The number of aromatic amines is 1. The number of nitrogens with zero attached hydrogens (tertiary/aromatic N) is 1. The van der Waals surface area contributed by atoms with Crippen molar-refractivity contribution in [1.29, 1.82) is 0 Å². The third kappa shape index (κ3) is 4.19. The van der Waals surface area contributed by atoms with Crippen molar-refractivity contribution in [2.75, 3.05) is 12.0 Å². The Labute approximate surface area is 80.6 Å². The largest absolute Gasteiger partial charge is 0.348 e. The molecule has 0 aliphatic carbocycles. The van der Waals surface area contributed by atoms with Gasteiger partial charge in [-0.25, -0.2) is 4.98 Å². The maximum absolute atomic E-state index is 10.9. The molecular formula is C8H15N3OS. The lowest BCUT2D eigenvalue weighted by molar-refractivity contribution is 0.575. The topological polar surface area (TPSA) is 57.8 Å². The first-order valence-electron chi connectivity index (χ1n) is 4.20. The Morgan fingerprint density at radius 1 is 1.77 bits per heavy atom. The second-order valence-electron chi connectivity index (χ2n) is 3.06. The highest BCUT2D eigenvalue weighted by molar-refractivity contribution is 7.84. The van der Waals surface area contributed by atoms with Crippen LogP contribution in [-0.4, -0.2) is 32.2 Å². The molecule has 1 aromatic heterocycles. The summed E-state index contributed by atoms with van der Waals surface area (Å²) in [6.45, 7) is 2.72. The molecule has 4 nitrogen and oxygen atoms in total. The van der Waals surface area contributed by atoms with Crippen molar-refractivity contribution in [1.82, 2.24) is 15.3 Å². The third-order valence-electron chi connectivity index (χ3n) is 1.66. The molecule has 0 fully saturated rings. The molecule has 0 aromatic carbocycles. The van der Waals surface area contributed by atoms with Crippen LogP contribution in [0.4, 0.5) is 0 Å². The average Bonchev–Trinajstić information content (AvgIpc) is 2.51. The quantitative estimate of drug-likeness (QED) is 0.719. The highest BCUT2D eigenvalue weighted by atomic mass is 32.2. The Morgan fingerprint density at radius 2 is 2.54 bits per heavy atom. The lowest BCUT2D eigenvalue weighted by Gasteiger charge is -2.10. The maximum Gasteiger partial charge on any atom is 0.120 e.